The standard InChI is InChI=1S/C21H32N6O2/c1-14-5-7-26(9-14)16-8-15(2)18-24-19(25-27(18)10-16)21(28-3)6-4-17(21)23-11-20(22)12-29-13-20/h8,10,14,17,23H,4-7,9,11-13,22H2,1-3H3. The molecule has 2 aliphatic heterocycles. The van der Waals surface area contributed by atoms with Gasteiger partial charge in [0.15, 0.2) is 11.5 Å². The van der Waals surface area contributed by atoms with Gasteiger partial charge in [-0.2, -0.15) is 0 Å². The second kappa shape index (κ2) is 6.91. The zero-order valence-corrected chi connectivity index (χ0v) is 17.6. The molecular weight excluding hydrogens is 368 g/mol. The molecule has 158 valence electrons. The average Bonchev–Trinajstić information content (AvgIpc) is 3.27. The fraction of sp³-hybridized carbons (Fsp3) is 0.714. The van der Waals surface area contributed by atoms with E-state index in [0.29, 0.717) is 19.8 Å². The van der Waals surface area contributed by atoms with Gasteiger partial charge >= 0.3 is 0 Å². The number of hydrogen-bond donors (Lipinski definition) is 2. The quantitative estimate of drug-likeness (QED) is 0.753. The fourth-order valence-corrected chi connectivity index (χ4v) is 4.87. The van der Waals surface area contributed by atoms with Gasteiger partial charge in [0, 0.05) is 32.8 Å². The van der Waals surface area contributed by atoms with Crippen molar-refractivity contribution in [1.82, 2.24) is 19.9 Å². The van der Waals surface area contributed by atoms with Crippen LogP contribution in [0.2, 0.25) is 0 Å². The third-order valence-electron chi connectivity index (χ3n) is 6.98. The molecule has 8 nitrogen and oxygen atoms in total. The Balaban J connectivity index is 1.41. The summed E-state index contributed by atoms with van der Waals surface area (Å²) < 4.78 is 13.2. The molecule has 2 saturated heterocycles. The first kappa shape index (κ1) is 19.2. The van der Waals surface area contributed by atoms with Crippen molar-refractivity contribution in [1.29, 1.82) is 0 Å². The third-order valence-corrected chi connectivity index (χ3v) is 6.98. The topological polar surface area (TPSA) is 89.9 Å². The monoisotopic (exact) mass is 400 g/mol. The van der Waals surface area contributed by atoms with Crippen LogP contribution in [0.4, 0.5) is 5.69 Å². The van der Waals surface area contributed by atoms with Crippen LogP contribution in [0.15, 0.2) is 12.3 Å². The third kappa shape index (κ3) is 3.13. The molecule has 3 aliphatic rings. The van der Waals surface area contributed by atoms with E-state index in [1.807, 2.05) is 4.52 Å². The molecule has 5 rings (SSSR count). The van der Waals surface area contributed by atoms with Gasteiger partial charge in [0.1, 0.15) is 5.60 Å². The van der Waals surface area contributed by atoms with Crippen molar-refractivity contribution in [3.63, 3.8) is 0 Å². The number of fused-ring (bicyclic) bond motifs is 1. The normalized spacial score (nSPS) is 31.1. The average molecular weight is 401 g/mol. The van der Waals surface area contributed by atoms with Gasteiger partial charge in [0.25, 0.3) is 0 Å². The highest BCUT2D eigenvalue weighted by Gasteiger charge is 2.52. The number of aromatic nitrogens is 3. The molecular formula is C21H32N6O2. The van der Waals surface area contributed by atoms with Crippen molar-refractivity contribution in [2.24, 2.45) is 11.7 Å². The van der Waals surface area contributed by atoms with E-state index in [9.17, 15) is 0 Å². The van der Waals surface area contributed by atoms with Gasteiger partial charge in [0.05, 0.1) is 30.6 Å². The molecule has 8 heteroatoms. The van der Waals surface area contributed by atoms with Gasteiger partial charge < -0.3 is 25.4 Å². The molecule has 3 atom stereocenters. The Labute approximate surface area is 171 Å². The summed E-state index contributed by atoms with van der Waals surface area (Å²) in [5.41, 5.74) is 8.80. The largest absolute Gasteiger partial charge is 0.377 e. The first-order valence-corrected chi connectivity index (χ1v) is 10.7. The molecule has 0 amide bonds. The Hall–Kier alpha value is -1.74. The van der Waals surface area contributed by atoms with Crippen LogP contribution in [0, 0.1) is 12.8 Å². The lowest BCUT2D eigenvalue weighted by molar-refractivity contribution is -0.121. The van der Waals surface area contributed by atoms with Crippen LogP contribution in [-0.4, -0.2) is 66.1 Å². The first-order valence-electron chi connectivity index (χ1n) is 10.7. The molecule has 2 aromatic rings. The minimum Gasteiger partial charge on any atom is -0.377 e. The number of anilines is 1. The molecule has 0 spiro atoms. The number of nitrogens with one attached hydrogen (secondary N) is 1. The van der Waals surface area contributed by atoms with Crippen LogP contribution in [0.25, 0.3) is 5.65 Å². The van der Waals surface area contributed by atoms with Crippen molar-refractivity contribution in [3.8, 4) is 0 Å². The smallest absolute Gasteiger partial charge is 0.185 e. The second-order valence-electron chi connectivity index (χ2n) is 9.35. The maximum absolute atomic E-state index is 6.30. The van der Waals surface area contributed by atoms with Crippen LogP contribution in [0.1, 0.15) is 37.6 Å². The van der Waals surface area contributed by atoms with Crippen LogP contribution >= 0.6 is 0 Å². The molecule has 3 unspecified atom stereocenters. The molecule has 3 fully saturated rings. The summed E-state index contributed by atoms with van der Waals surface area (Å²) in [6.07, 6.45) is 5.29. The highest BCUT2D eigenvalue weighted by Crippen LogP contribution is 2.43. The molecule has 4 heterocycles. The summed E-state index contributed by atoms with van der Waals surface area (Å²) in [5, 5.41) is 8.47. The van der Waals surface area contributed by atoms with Crippen molar-refractivity contribution < 1.29 is 9.47 Å². The molecule has 1 aliphatic carbocycles. The first-order chi connectivity index (χ1) is 13.9. The molecule has 29 heavy (non-hydrogen) atoms. The van der Waals surface area contributed by atoms with E-state index in [0.717, 1.165) is 48.9 Å². The highest BCUT2D eigenvalue weighted by atomic mass is 16.5. The van der Waals surface area contributed by atoms with Gasteiger partial charge in [-0.25, -0.2) is 9.50 Å². The van der Waals surface area contributed by atoms with Crippen molar-refractivity contribution in [3.05, 3.63) is 23.7 Å². The van der Waals surface area contributed by atoms with E-state index in [1.54, 1.807) is 7.11 Å². The number of hydrogen-bond acceptors (Lipinski definition) is 7. The minimum atomic E-state index is -0.498. The van der Waals surface area contributed by atoms with E-state index < -0.39 is 5.60 Å². The number of methoxy groups -OCH3 is 1. The lowest BCUT2D eigenvalue weighted by atomic mass is 9.73. The summed E-state index contributed by atoms with van der Waals surface area (Å²) in [6, 6.07) is 2.39. The summed E-state index contributed by atoms with van der Waals surface area (Å²) in [4.78, 5) is 7.35. The predicted molar refractivity (Wildman–Crippen MR) is 111 cm³/mol. The Morgan fingerprint density at radius 2 is 2.21 bits per heavy atom. The van der Waals surface area contributed by atoms with Crippen LogP contribution in [-0.2, 0) is 15.1 Å². The maximum atomic E-state index is 6.30. The van der Waals surface area contributed by atoms with E-state index in [4.69, 9.17) is 25.3 Å². The van der Waals surface area contributed by atoms with E-state index in [2.05, 4.69) is 36.3 Å². The Bertz CT molecular complexity index is 906. The van der Waals surface area contributed by atoms with Crippen molar-refractivity contribution >= 4 is 11.3 Å². The zero-order valence-electron chi connectivity index (χ0n) is 17.6. The Kier molecular flexibility index (Phi) is 4.58. The van der Waals surface area contributed by atoms with E-state index in [-0.39, 0.29) is 11.6 Å². The van der Waals surface area contributed by atoms with E-state index >= 15 is 0 Å². The summed E-state index contributed by atoms with van der Waals surface area (Å²) >= 11 is 0. The van der Waals surface area contributed by atoms with Crippen molar-refractivity contribution in [2.45, 2.75) is 50.3 Å². The number of ether oxygens (including phenoxy) is 2. The van der Waals surface area contributed by atoms with Gasteiger partial charge in [-0.15, -0.1) is 5.10 Å². The number of nitrogens with two attached hydrogens (primary N) is 1. The Morgan fingerprint density at radius 1 is 1.38 bits per heavy atom. The van der Waals surface area contributed by atoms with E-state index in [1.165, 1.54) is 12.1 Å². The van der Waals surface area contributed by atoms with Gasteiger partial charge in [0.2, 0.25) is 0 Å². The number of rotatable bonds is 6. The molecule has 0 radical (unpaired) electrons. The summed E-state index contributed by atoms with van der Waals surface area (Å²) in [5.74, 6) is 1.50. The molecule has 0 aromatic carbocycles. The van der Waals surface area contributed by atoms with Gasteiger partial charge in [-0.1, -0.05) is 6.92 Å². The Morgan fingerprint density at radius 3 is 2.79 bits per heavy atom. The van der Waals surface area contributed by atoms with Gasteiger partial charge in [-0.3, -0.25) is 0 Å². The van der Waals surface area contributed by atoms with Crippen molar-refractivity contribution in [2.75, 3.05) is 44.9 Å². The molecule has 2 aromatic heterocycles. The SMILES string of the molecule is COC1(c2nc3c(C)cc(N4CCC(C)C4)cn3n2)CCC1NCC1(N)COC1. The van der Waals surface area contributed by atoms with Gasteiger partial charge in [-0.05, 0) is 43.7 Å². The molecule has 0 bridgehead atoms. The molecule has 1 saturated carbocycles. The summed E-state index contributed by atoms with van der Waals surface area (Å²) in [6.45, 7) is 8.56. The second-order valence-corrected chi connectivity index (χ2v) is 9.35. The summed E-state index contributed by atoms with van der Waals surface area (Å²) in [7, 11) is 1.76. The number of pyridine rings is 1. The minimum absolute atomic E-state index is 0.158. The maximum Gasteiger partial charge on any atom is 0.185 e. The van der Waals surface area contributed by atoms with Crippen LogP contribution < -0.4 is 16.0 Å². The van der Waals surface area contributed by atoms with Crippen LogP contribution in [0.5, 0.6) is 0 Å². The molecule has 3 N–H and O–H groups in total. The number of aryl methyl sites for hydroxylation is 1. The lowest BCUT2D eigenvalue weighted by Crippen LogP contribution is -2.67. The zero-order chi connectivity index (χ0) is 20.2. The lowest BCUT2D eigenvalue weighted by Gasteiger charge is -2.48. The highest BCUT2D eigenvalue weighted by molar-refractivity contribution is 5.57. The predicted octanol–water partition coefficient (Wildman–Crippen LogP) is 1.21. The van der Waals surface area contributed by atoms with Crippen LogP contribution in [0.3, 0.4) is 0 Å². The number of nitrogens with zero attached hydrogens (tertiary/aromatic N) is 4. The fourth-order valence-electron chi connectivity index (χ4n) is 4.87.